The van der Waals surface area contributed by atoms with E-state index >= 15 is 0 Å². The average Bonchev–Trinajstić information content (AvgIpc) is 2.09. The Morgan fingerprint density at radius 2 is 2.25 bits per heavy atom. The third kappa shape index (κ3) is 3.31. The Morgan fingerprint density at radius 3 is 2.83 bits per heavy atom. The van der Waals surface area contributed by atoms with Crippen LogP contribution in [0.25, 0.3) is 0 Å². The summed E-state index contributed by atoms with van der Waals surface area (Å²) in [4.78, 5) is 0. The molecule has 0 aliphatic carbocycles. The molecule has 66 valence electrons. The van der Waals surface area contributed by atoms with Crippen molar-refractivity contribution in [3.8, 4) is 0 Å². The molecule has 3 N–H and O–H groups in total. The Morgan fingerprint density at radius 1 is 1.42 bits per heavy atom. The van der Waals surface area contributed by atoms with Crippen LogP contribution in [0.5, 0.6) is 0 Å². The molecule has 1 rings (SSSR count). The summed E-state index contributed by atoms with van der Waals surface area (Å²) in [6.07, 6.45) is 0.952. The van der Waals surface area contributed by atoms with Gasteiger partial charge in [0, 0.05) is 6.54 Å². The van der Waals surface area contributed by atoms with E-state index < -0.39 is 0 Å². The molecule has 1 heterocycles. The number of rotatable bonds is 4. The standard InChI is InChI=1S/C7H11IN4/c8-6-2-3-7(12-11-6)10-5-1-4-9/h2-3H,1,4-5,9H2,(H,10,12). The molecule has 0 unspecified atom stereocenters. The van der Waals surface area contributed by atoms with Gasteiger partial charge in [0.15, 0.2) is 0 Å². The third-order valence-corrected chi connectivity index (χ3v) is 1.89. The summed E-state index contributed by atoms with van der Waals surface area (Å²) in [5.74, 6) is 0.809. The van der Waals surface area contributed by atoms with Gasteiger partial charge in [0.2, 0.25) is 0 Å². The predicted octanol–water partition coefficient (Wildman–Crippen LogP) is 0.842. The molecule has 0 spiro atoms. The Kier molecular flexibility index (Phi) is 4.23. The Balaban J connectivity index is 2.37. The number of anilines is 1. The second-order valence-corrected chi connectivity index (χ2v) is 3.42. The van der Waals surface area contributed by atoms with E-state index in [0.717, 1.165) is 22.5 Å². The van der Waals surface area contributed by atoms with Gasteiger partial charge in [-0.2, -0.15) is 0 Å². The van der Waals surface area contributed by atoms with Crippen molar-refractivity contribution < 1.29 is 0 Å². The van der Waals surface area contributed by atoms with Crippen LogP contribution < -0.4 is 11.1 Å². The lowest BCUT2D eigenvalue weighted by Gasteiger charge is -2.02. The van der Waals surface area contributed by atoms with Crippen LogP contribution in [0.4, 0.5) is 5.82 Å². The summed E-state index contributed by atoms with van der Waals surface area (Å²) < 4.78 is 0.900. The van der Waals surface area contributed by atoms with Gasteiger partial charge in [0.25, 0.3) is 0 Å². The monoisotopic (exact) mass is 278 g/mol. The lowest BCUT2D eigenvalue weighted by atomic mass is 10.4. The van der Waals surface area contributed by atoms with Crippen LogP contribution in [0.2, 0.25) is 0 Å². The summed E-state index contributed by atoms with van der Waals surface area (Å²) in [5, 5.41) is 11.0. The van der Waals surface area contributed by atoms with Crippen molar-refractivity contribution in [3.05, 3.63) is 15.8 Å². The van der Waals surface area contributed by atoms with Gasteiger partial charge in [-0.3, -0.25) is 0 Å². The van der Waals surface area contributed by atoms with E-state index in [1.54, 1.807) is 0 Å². The zero-order valence-corrected chi connectivity index (χ0v) is 8.78. The highest BCUT2D eigenvalue weighted by Gasteiger charge is 1.92. The minimum atomic E-state index is 0.699. The van der Waals surface area contributed by atoms with Crippen LogP contribution in [-0.4, -0.2) is 23.3 Å². The Hall–Kier alpha value is -0.430. The van der Waals surface area contributed by atoms with E-state index in [4.69, 9.17) is 5.73 Å². The number of nitrogens with one attached hydrogen (secondary N) is 1. The molecule has 0 fully saturated rings. The largest absolute Gasteiger partial charge is 0.369 e. The normalized spacial score (nSPS) is 9.83. The summed E-state index contributed by atoms with van der Waals surface area (Å²) in [5.41, 5.74) is 5.34. The average molecular weight is 278 g/mol. The van der Waals surface area contributed by atoms with Crippen molar-refractivity contribution in [1.29, 1.82) is 0 Å². The number of hydrogen-bond acceptors (Lipinski definition) is 4. The highest BCUT2D eigenvalue weighted by atomic mass is 127. The first-order chi connectivity index (χ1) is 5.83. The first-order valence-corrected chi connectivity index (χ1v) is 4.84. The molecule has 4 nitrogen and oxygen atoms in total. The Labute approximate surface area is 85.1 Å². The fraction of sp³-hybridized carbons (Fsp3) is 0.429. The maximum Gasteiger partial charge on any atom is 0.148 e. The van der Waals surface area contributed by atoms with E-state index in [1.165, 1.54) is 0 Å². The van der Waals surface area contributed by atoms with E-state index in [1.807, 2.05) is 12.1 Å². The Bertz CT molecular complexity index is 223. The molecule has 12 heavy (non-hydrogen) atoms. The number of aromatic nitrogens is 2. The molecule has 0 radical (unpaired) electrons. The van der Waals surface area contributed by atoms with Gasteiger partial charge in [-0.05, 0) is 47.7 Å². The summed E-state index contributed by atoms with van der Waals surface area (Å²) in [6, 6.07) is 3.82. The van der Waals surface area contributed by atoms with Gasteiger partial charge in [0.1, 0.15) is 9.52 Å². The SMILES string of the molecule is NCCCNc1ccc(I)nn1. The first kappa shape index (κ1) is 9.66. The predicted molar refractivity (Wildman–Crippen MR) is 56.9 cm³/mol. The van der Waals surface area contributed by atoms with Crippen molar-refractivity contribution in [2.45, 2.75) is 6.42 Å². The topological polar surface area (TPSA) is 63.8 Å². The van der Waals surface area contributed by atoms with Crippen LogP contribution in [0.3, 0.4) is 0 Å². The van der Waals surface area contributed by atoms with E-state index in [0.29, 0.717) is 6.54 Å². The van der Waals surface area contributed by atoms with Gasteiger partial charge in [-0.15, -0.1) is 10.2 Å². The van der Waals surface area contributed by atoms with Gasteiger partial charge in [-0.25, -0.2) is 0 Å². The molecule has 1 aromatic rings. The zero-order valence-electron chi connectivity index (χ0n) is 6.63. The van der Waals surface area contributed by atoms with Gasteiger partial charge in [-0.1, -0.05) is 0 Å². The first-order valence-electron chi connectivity index (χ1n) is 3.76. The molecule has 0 saturated carbocycles. The minimum Gasteiger partial charge on any atom is -0.369 e. The van der Waals surface area contributed by atoms with E-state index in [2.05, 4.69) is 38.1 Å². The van der Waals surface area contributed by atoms with Crippen molar-refractivity contribution in [2.75, 3.05) is 18.4 Å². The molecule has 0 amide bonds. The van der Waals surface area contributed by atoms with Crippen molar-refractivity contribution in [2.24, 2.45) is 5.73 Å². The molecule has 5 heteroatoms. The molecule has 0 atom stereocenters. The molecule has 0 aliphatic rings. The quantitative estimate of drug-likeness (QED) is 0.633. The van der Waals surface area contributed by atoms with E-state index in [-0.39, 0.29) is 0 Å². The van der Waals surface area contributed by atoms with Crippen molar-refractivity contribution in [3.63, 3.8) is 0 Å². The summed E-state index contributed by atoms with van der Waals surface area (Å²) >= 11 is 2.12. The molecule has 0 aromatic carbocycles. The van der Waals surface area contributed by atoms with Crippen LogP contribution in [0.15, 0.2) is 12.1 Å². The van der Waals surface area contributed by atoms with Crippen LogP contribution in [-0.2, 0) is 0 Å². The number of nitrogens with zero attached hydrogens (tertiary/aromatic N) is 2. The number of halogens is 1. The van der Waals surface area contributed by atoms with Gasteiger partial charge in [0.05, 0.1) is 0 Å². The molecular formula is C7H11IN4. The molecule has 0 bridgehead atoms. The lowest BCUT2D eigenvalue weighted by Crippen LogP contribution is -2.09. The van der Waals surface area contributed by atoms with Crippen molar-refractivity contribution in [1.82, 2.24) is 10.2 Å². The lowest BCUT2D eigenvalue weighted by molar-refractivity contribution is 0.862. The highest BCUT2D eigenvalue weighted by molar-refractivity contribution is 14.1. The van der Waals surface area contributed by atoms with Gasteiger partial charge < -0.3 is 11.1 Å². The fourth-order valence-electron chi connectivity index (χ4n) is 0.729. The summed E-state index contributed by atoms with van der Waals surface area (Å²) in [7, 11) is 0. The van der Waals surface area contributed by atoms with Gasteiger partial charge >= 0.3 is 0 Å². The maximum absolute atomic E-state index is 5.34. The van der Waals surface area contributed by atoms with E-state index in [9.17, 15) is 0 Å². The smallest absolute Gasteiger partial charge is 0.148 e. The van der Waals surface area contributed by atoms with Crippen molar-refractivity contribution >= 4 is 28.4 Å². The number of nitrogens with two attached hydrogens (primary N) is 1. The van der Waals surface area contributed by atoms with Crippen LogP contribution in [0, 0.1) is 3.70 Å². The van der Waals surface area contributed by atoms with Crippen LogP contribution in [0.1, 0.15) is 6.42 Å². The maximum atomic E-state index is 5.34. The highest BCUT2D eigenvalue weighted by Crippen LogP contribution is 2.03. The molecule has 1 aromatic heterocycles. The summed E-state index contributed by atoms with van der Waals surface area (Å²) in [6.45, 7) is 1.55. The third-order valence-electron chi connectivity index (χ3n) is 1.32. The second kappa shape index (κ2) is 5.26. The van der Waals surface area contributed by atoms with Crippen LogP contribution >= 0.6 is 22.6 Å². The number of hydrogen-bond donors (Lipinski definition) is 2. The zero-order chi connectivity index (χ0) is 8.81. The molecule has 0 saturated heterocycles. The molecule has 0 aliphatic heterocycles. The minimum absolute atomic E-state index is 0.699. The molecular weight excluding hydrogens is 267 g/mol. The fourth-order valence-corrected chi connectivity index (χ4v) is 1.02. The second-order valence-electron chi connectivity index (χ2n) is 2.31.